The Bertz CT molecular complexity index is 603. The van der Waals surface area contributed by atoms with Crippen LogP contribution in [0.15, 0.2) is 42.5 Å². The second-order valence-corrected chi connectivity index (χ2v) is 5.83. The average molecular weight is 281 g/mol. The van der Waals surface area contributed by atoms with Crippen molar-refractivity contribution in [2.75, 3.05) is 0 Å². The number of fused-ring (bicyclic) bond motifs is 1. The molecule has 1 aliphatic rings. The fourth-order valence-corrected chi connectivity index (χ4v) is 2.93. The molecule has 0 saturated carbocycles. The summed E-state index contributed by atoms with van der Waals surface area (Å²) in [6.45, 7) is 2.73. The highest BCUT2D eigenvalue weighted by Crippen LogP contribution is 2.24. The lowest BCUT2D eigenvalue weighted by Gasteiger charge is -2.11. The van der Waals surface area contributed by atoms with E-state index in [1.165, 1.54) is 41.5 Å². The molecule has 2 nitrogen and oxygen atoms in total. The van der Waals surface area contributed by atoms with Crippen molar-refractivity contribution < 1.29 is 4.74 Å². The second-order valence-electron chi connectivity index (χ2n) is 5.83. The number of benzene rings is 2. The molecule has 1 atom stereocenters. The molecule has 3 rings (SSSR count). The lowest BCUT2D eigenvalue weighted by molar-refractivity contribution is 0.306. The van der Waals surface area contributed by atoms with Crippen LogP contribution in [0.1, 0.15) is 48.1 Å². The van der Waals surface area contributed by atoms with Gasteiger partial charge in [0.1, 0.15) is 12.4 Å². The van der Waals surface area contributed by atoms with Crippen molar-refractivity contribution in [3.63, 3.8) is 0 Å². The molecular formula is C19H23NO. The normalized spacial score (nSPS) is 14.8. The molecular weight excluding hydrogens is 258 g/mol. The van der Waals surface area contributed by atoms with Gasteiger partial charge in [-0.3, -0.25) is 0 Å². The van der Waals surface area contributed by atoms with Crippen molar-refractivity contribution in [1.29, 1.82) is 0 Å². The van der Waals surface area contributed by atoms with Gasteiger partial charge in [0.2, 0.25) is 0 Å². The maximum absolute atomic E-state index is 6.02. The molecule has 1 aliphatic carbocycles. The van der Waals surface area contributed by atoms with E-state index in [-0.39, 0.29) is 6.04 Å². The molecule has 0 radical (unpaired) electrons. The molecule has 2 N–H and O–H groups in total. The first-order valence-corrected chi connectivity index (χ1v) is 7.85. The summed E-state index contributed by atoms with van der Waals surface area (Å²) in [6.07, 6.45) is 4.69. The molecule has 110 valence electrons. The molecule has 2 heteroatoms. The minimum Gasteiger partial charge on any atom is -0.489 e. The summed E-state index contributed by atoms with van der Waals surface area (Å²) in [4.78, 5) is 0. The van der Waals surface area contributed by atoms with E-state index < -0.39 is 0 Å². The standard InChI is InChI=1S/C19H23NO/c1-2-19(20)16-8-10-18(11-9-16)21-13-14-6-7-15-4-3-5-17(15)12-14/h6-12,19H,2-5,13,20H2,1H3. The summed E-state index contributed by atoms with van der Waals surface area (Å²) in [6, 6.07) is 15.0. The molecule has 0 heterocycles. The maximum Gasteiger partial charge on any atom is 0.119 e. The molecule has 21 heavy (non-hydrogen) atoms. The van der Waals surface area contributed by atoms with Gasteiger partial charge in [-0.05, 0) is 60.1 Å². The van der Waals surface area contributed by atoms with Crippen molar-refractivity contribution in [2.24, 2.45) is 5.73 Å². The summed E-state index contributed by atoms with van der Waals surface area (Å²) in [5.74, 6) is 0.905. The zero-order valence-corrected chi connectivity index (χ0v) is 12.6. The third-order valence-electron chi connectivity index (χ3n) is 4.32. The Morgan fingerprint density at radius 1 is 1.05 bits per heavy atom. The molecule has 0 bridgehead atoms. The van der Waals surface area contributed by atoms with E-state index in [9.17, 15) is 0 Å². The van der Waals surface area contributed by atoms with E-state index in [4.69, 9.17) is 10.5 Å². The van der Waals surface area contributed by atoms with Crippen molar-refractivity contribution in [3.8, 4) is 5.75 Å². The lowest BCUT2D eigenvalue weighted by atomic mass is 10.1. The number of aryl methyl sites for hydroxylation is 2. The Hall–Kier alpha value is -1.80. The topological polar surface area (TPSA) is 35.2 Å². The van der Waals surface area contributed by atoms with E-state index in [0.29, 0.717) is 6.61 Å². The van der Waals surface area contributed by atoms with Crippen molar-refractivity contribution in [3.05, 3.63) is 64.7 Å². The zero-order valence-electron chi connectivity index (χ0n) is 12.6. The van der Waals surface area contributed by atoms with E-state index in [1.54, 1.807) is 0 Å². The monoisotopic (exact) mass is 281 g/mol. The Kier molecular flexibility index (Phi) is 4.26. The summed E-state index contributed by atoms with van der Waals surface area (Å²) in [5, 5.41) is 0. The van der Waals surface area contributed by atoms with Crippen LogP contribution >= 0.6 is 0 Å². The number of rotatable bonds is 5. The molecule has 2 aromatic rings. The Balaban J connectivity index is 1.62. The zero-order chi connectivity index (χ0) is 14.7. The van der Waals surface area contributed by atoms with Gasteiger partial charge in [0.15, 0.2) is 0 Å². The Morgan fingerprint density at radius 3 is 2.57 bits per heavy atom. The molecule has 0 amide bonds. The maximum atomic E-state index is 6.02. The molecule has 0 saturated heterocycles. The highest BCUT2D eigenvalue weighted by atomic mass is 16.5. The van der Waals surface area contributed by atoms with E-state index in [0.717, 1.165) is 12.2 Å². The molecule has 0 aliphatic heterocycles. The van der Waals surface area contributed by atoms with Crippen LogP contribution in [-0.4, -0.2) is 0 Å². The van der Waals surface area contributed by atoms with Crippen LogP contribution in [0.5, 0.6) is 5.75 Å². The quantitative estimate of drug-likeness (QED) is 0.893. The first-order valence-electron chi connectivity index (χ1n) is 7.85. The molecule has 0 aromatic heterocycles. The summed E-state index contributed by atoms with van der Waals surface area (Å²) in [5.41, 5.74) is 11.5. The largest absolute Gasteiger partial charge is 0.489 e. The van der Waals surface area contributed by atoms with Crippen LogP contribution in [0.25, 0.3) is 0 Å². The summed E-state index contributed by atoms with van der Waals surface area (Å²) >= 11 is 0. The minimum absolute atomic E-state index is 0.121. The fraction of sp³-hybridized carbons (Fsp3) is 0.368. The first-order chi connectivity index (χ1) is 10.3. The van der Waals surface area contributed by atoms with Gasteiger partial charge in [-0.15, -0.1) is 0 Å². The third kappa shape index (κ3) is 3.27. The molecule has 2 aromatic carbocycles. The van der Waals surface area contributed by atoms with Gasteiger partial charge in [-0.2, -0.15) is 0 Å². The second kappa shape index (κ2) is 6.31. The van der Waals surface area contributed by atoms with Crippen LogP contribution in [0, 0.1) is 0 Å². The van der Waals surface area contributed by atoms with Crippen LogP contribution < -0.4 is 10.5 Å². The number of hydrogen-bond donors (Lipinski definition) is 1. The molecule has 0 fully saturated rings. The first kappa shape index (κ1) is 14.2. The number of hydrogen-bond acceptors (Lipinski definition) is 2. The van der Waals surface area contributed by atoms with E-state index >= 15 is 0 Å². The van der Waals surface area contributed by atoms with Gasteiger partial charge in [0.25, 0.3) is 0 Å². The highest BCUT2D eigenvalue weighted by Gasteiger charge is 2.11. The van der Waals surface area contributed by atoms with Crippen LogP contribution in [0.3, 0.4) is 0 Å². The number of ether oxygens (including phenoxy) is 1. The van der Waals surface area contributed by atoms with Gasteiger partial charge < -0.3 is 10.5 Å². The third-order valence-corrected chi connectivity index (χ3v) is 4.32. The predicted octanol–water partition coefficient (Wildman–Crippen LogP) is 4.16. The lowest BCUT2D eigenvalue weighted by Crippen LogP contribution is -2.08. The van der Waals surface area contributed by atoms with Crippen molar-refractivity contribution in [2.45, 2.75) is 45.3 Å². The van der Waals surface area contributed by atoms with E-state index in [1.807, 2.05) is 12.1 Å². The van der Waals surface area contributed by atoms with Crippen LogP contribution in [-0.2, 0) is 19.4 Å². The van der Waals surface area contributed by atoms with Crippen molar-refractivity contribution >= 4 is 0 Å². The number of nitrogens with two attached hydrogens (primary N) is 1. The summed E-state index contributed by atoms with van der Waals surface area (Å²) < 4.78 is 5.88. The van der Waals surface area contributed by atoms with E-state index in [2.05, 4.69) is 37.3 Å². The summed E-state index contributed by atoms with van der Waals surface area (Å²) in [7, 11) is 0. The van der Waals surface area contributed by atoms with Crippen LogP contribution in [0.2, 0.25) is 0 Å². The highest BCUT2D eigenvalue weighted by molar-refractivity contribution is 5.35. The average Bonchev–Trinajstić information content (AvgIpc) is 3.00. The SMILES string of the molecule is CCC(N)c1ccc(OCc2ccc3c(c2)CCC3)cc1. The molecule has 1 unspecified atom stereocenters. The van der Waals surface area contributed by atoms with Gasteiger partial charge >= 0.3 is 0 Å². The predicted molar refractivity (Wildman–Crippen MR) is 86.5 cm³/mol. The van der Waals surface area contributed by atoms with Gasteiger partial charge in [-0.25, -0.2) is 0 Å². The van der Waals surface area contributed by atoms with Gasteiger partial charge in [-0.1, -0.05) is 37.3 Å². The smallest absolute Gasteiger partial charge is 0.119 e. The molecule has 0 spiro atoms. The van der Waals surface area contributed by atoms with Gasteiger partial charge in [0.05, 0.1) is 0 Å². The Labute approximate surface area is 126 Å². The van der Waals surface area contributed by atoms with Crippen LogP contribution in [0.4, 0.5) is 0 Å². The van der Waals surface area contributed by atoms with Gasteiger partial charge in [0, 0.05) is 6.04 Å². The minimum atomic E-state index is 0.121. The Morgan fingerprint density at radius 2 is 1.81 bits per heavy atom. The fourth-order valence-electron chi connectivity index (χ4n) is 2.93. The van der Waals surface area contributed by atoms with Crippen molar-refractivity contribution in [1.82, 2.24) is 0 Å².